The minimum Gasteiger partial charge on any atom is -0.464 e. The number of methoxy groups -OCH3 is 1. The van der Waals surface area contributed by atoms with Crippen molar-refractivity contribution in [3.05, 3.63) is 46.2 Å². The number of carbonyl (C=O) groups excluding carboxylic acids is 1. The van der Waals surface area contributed by atoms with Gasteiger partial charge >= 0.3 is 5.97 Å². The van der Waals surface area contributed by atoms with Crippen LogP contribution in [0, 0.1) is 0 Å². The molecule has 0 fully saturated rings. The topological polar surface area (TPSA) is 52.1 Å². The molecule has 4 nitrogen and oxygen atoms in total. The molecule has 0 unspecified atom stereocenters. The molecule has 82 valence electrons. The van der Waals surface area contributed by atoms with Crippen LogP contribution in [0.4, 0.5) is 0 Å². The molecule has 0 aromatic carbocycles. The summed E-state index contributed by atoms with van der Waals surface area (Å²) in [6.45, 7) is 0. The Kier molecular flexibility index (Phi) is 3.26. The molecule has 2 aromatic rings. The Morgan fingerprint density at radius 2 is 2.19 bits per heavy atom. The molecular weight excluding hydrogens is 224 g/mol. The van der Waals surface area contributed by atoms with Crippen molar-refractivity contribution < 1.29 is 9.53 Å². The maximum absolute atomic E-state index is 11.2. The highest BCUT2D eigenvalue weighted by Crippen LogP contribution is 2.14. The second-order valence-electron chi connectivity index (χ2n) is 3.15. The third kappa shape index (κ3) is 2.43. The van der Waals surface area contributed by atoms with E-state index in [2.05, 4.69) is 14.7 Å². The normalized spacial score (nSPS) is 10.1. The zero-order valence-electron chi connectivity index (χ0n) is 8.71. The van der Waals surface area contributed by atoms with E-state index < -0.39 is 5.97 Å². The van der Waals surface area contributed by atoms with Crippen LogP contribution in [-0.2, 0) is 11.2 Å². The third-order valence-electron chi connectivity index (χ3n) is 2.05. The standard InChI is InChI=1S/C11H10N2O2S/c1-15-11(14)9-7-16-10(13-9)6-8-2-4-12-5-3-8/h2-5,7H,6H2,1H3. The van der Waals surface area contributed by atoms with Gasteiger partial charge in [0.05, 0.1) is 12.1 Å². The minimum atomic E-state index is -0.391. The molecule has 0 radical (unpaired) electrons. The van der Waals surface area contributed by atoms with Gasteiger partial charge in [0.2, 0.25) is 0 Å². The number of hydrogen-bond acceptors (Lipinski definition) is 5. The zero-order chi connectivity index (χ0) is 11.4. The average Bonchev–Trinajstić information content (AvgIpc) is 2.78. The number of pyridine rings is 1. The number of rotatable bonds is 3. The van der Waals surface area contributed by atoms with E-state index in [1.807, 2.05) is 12.1 Å². The van der Waals surface area contributed by atoms with Crippen molar-refractivity contribution in [2.24, 2.45) is 0 Å². The van der Waals surface area contributed by atoms with Gasteiger partial charge in [-0.2, -0.15) is 0 Å². The predicted molar refractivity (Wildman–Crippen MR) is 60.5 cm³/mol. The fourth-order valence-corrected chi connectivity index (χ4v) is 2.06. The lowest BCUT2D eigenvalue weighted by molar-refractivity contribution is 0.0594. The quantitative estimate of drug-likeness (QED) is 0.761. The minimum absolute atomic E-state index is 0.372. The van der Waals surface area contributed by atoms with Crippen molar-refractivity contribution in [3.8, 4) is 0 Å². The van der Waals surface area contributed by atoms with Crippen LogP contribution in [0.15, 0.2) is 29.9 Å². The van der Waals surface area contributed by atoms with Gasteiger partial charge < -0.3 is 4.74 Å². The van der Waals surface area contributed by atoms with Crippen LogP contribution < -0.4 is 0 Å². The van der Waals surface area contributed by atoms with E-state index >= 15 is 0 Å². The molecule has 0 aliphatic rings. The maximum Gasteiger partial charge on any atom is 0.357 e. The molecule has 0 amide bonds. The Morgan fingerprint density at radius 1 is 1.44 bits per heavy atom. The first-order chi connectivity index (χ1) is 7.79. The van der Waals surface area contributed by atoms with Crippen molar-refractivity contribution in [1.29, 1.82) is 0 Å². The van der Waals surface area contributed by atoms with Gasteiger partial charge in [0.25, 0.3) is 0 Å². The Morgan fingerprint density at radius 3 is 2.88 bits per heavy atom. The Balaban J connectivity index is 2.12. The first-order valence-corrected chi connectivity index (χ1v) is 5.59. The van der Waals surface area contributed by atoms with Crippen LogP contribution >= 0.6 is 11.3 Å². The van der Waals surface area contributed by atoms with Crippen molar-refractivity contribution in [2.45, 2.75) is 6.42 Å². The van der Waals surface area contributed by atoms with E-state index in [4.69, 9.17) is 0 Å². The summed E-state index contributed by atoms with van der Waals surface area (Å²) in [4.78, 5) is 19.3. The van der Waals surface area contributed by atoms with Crippen molar-refractivity contribution in [2.75, 3.05) is 7.11 Å². The van der Waals surface area contributed by atoms with E-state index in [1.54, 1.807) is 17.8 Å². The Hall–Kier alpha value is -1.75. The molecule has 2 rings (SSSR count). The fourth-order valence-electron chi connectivity index (χ4n) is 1.27. The molecule has 16 heavy (non-hydrogen) atoms. The first-order valence-electron chi connectivity index (χ1n) is 4.71. The highest BCUT2D eigenvalue weighted by Gasteiger charge is 2.10. The summed E-state index contributed by atoms with van der Waals surface area (Å²) in [6.07, 6.45) is 4.19. The van der Waals surface area contributed by atoms with Crippen LogP contribution in [0.2, 0.25) is 0 Å². The summed E-state index contributed by atoms with van der Waals surface area (Å²) in [7, 11) is 1.35. The van der Waals surface area contributed by atoms with Crippen LogP contribution in [0.3, 0.4) is 0 Å². The maximum atomic E-state index is 11.2. The highest BCUT2D eigenvalue weighted by atomic mass is 32.1. The lowest BCUT2D eigenvalue weighted by Crippen LogP contribution is -2.01. The number of nitrogens with zero attached hydrogens (tertiary/aromatic N) is 2. The Labute approximate surface area is 96.9 Å². The number of ether oxygens (including phenoxy) is 1. The summed E-state index contributed by atoms with van der Waals surface area (Å²) in [5.74, 6) is -0.391. The third-order valence-corrected chi connectivity index (χ3v) is 2.90. The van der Waals surface area contributed by atoms with E-state index in [9.17, 15) is 4.79 Å². The first kappa shape index (κ1) is 10.8. The summed E-state index contributed by atoms with van der Waals surface area (Å²) in [5, 5.41) is 2.61. The molecule has 0 saturated carbocycles. The number of thiazole rings is 1. The van der Waals surface area contributed by atoms with Gasteiger partial charge in [0.15, 0.2) is 5.69 Å². The lowest BCUT2D eigenvalue weighted by Gasteiger charge is -1.95. The van der Waals surface area contributed by atoms with E-state index in [1.165, 1.54) is 18.4 Å². The Bertz CT molecular complexity index is 482. The summed E-state index contributed by atoms with van der Waals surface area (Å²) in [6, 6.07) is 3.86. The van der Waals surface area contributed by atoms with Gasteiger partial charge in [-0.25, -0.2) is 9.78 Å². The van der Waals surface area contributed by atoms with Gasteiger partial charge in [-0.05, 0) is 17.7 Å². The second kappa shape index (κ2) is 4.85. The van der Waals surface area contributed by atoms with E-state index in [0.717, 1.165) is 10.6 Å². The van der Waals surface area contributed by atoms with Crippen LogP contribution in [0.5, 0.6) is 0 Å². The van der Waals surface area contributed by atoms with Gasteiger partial charge in [0, 0.05) is 24.2 Å². The molecule has 2 heterocycles. The molecule has 0 aliphatic heterocycles. The van der Waals surface area contributed by atoms with Crippen molar-refractivity contribution in [1.82, 2.24) is 9.97 Å². The number of aromatic nitrogens is 2. The number of hydrogen-bond donors (Lipinski definition) is 0. The number of carbonyl (C=O) groups is 1. The smallest absolute Gasteiger partial charge is 0.357 e. The van der Waals surface area contributed by atoms with Crippen LogP contribution in [-0.4, -0.2) is 23.0 Å². The summed E-state index contributed by atoms with van der Waals surface area (Å²) in [5.41, 5.74) is 1.50. The van der Waals surface area contributed by atoms with E-state index in [0.29, 0.717) is 12.1 Å². The monoisotopic (exact) mass is 234 g/mol. The van der Waals surface area contributed by atoms with E-state index in [-0.39, 0.29) is 0 Å². The fraction of sp³-hybridized carbons (Fsp3) is 0.182. The zero-order valence-corrected chi connectivity index (χ0v) is 9.53. The van der Waals surface area contributed by atoms with Gasteiger partial charge in [0.1, 0.15) is 0 Å². The van der Waals surface area contributed by atoms with Crippen LogP contribution in [0.1, 0.15) is 21.1 Å². The van der Waals surface area contributed by atoms with Gasteiger partial charge in [-0.3, -0.25) is 4.98 Å². The molecule has 2 aromatic heterocycles. The van der Waals surface area contributed by atoms with Crippen LogP contribution in [0.25, 0.3) is 0 Å². The number of esters is 1. The largest absolute Gasteiger partial charge is 0.464 e. The molecule has 0 atom stereocenters. The van der Waals surface area contributed by atoms with Crippen molar-refractivity contribution >= 4 is 17.3 Å². The molecule has 0 N–H and O–H groups in total. The predicted octanol–water partition coefficient (Wildman–Crippen LogP) is 1.92. The summed E-state index contributed by atoms with van der Waals surface area (Å²) < 4.78 is 4.60. The average molecular weight is 234 g/mol. The molecule has 5 heteroatoms. The SMILES string of the molecule is COC(=O)c1csc(Cc2ccncc2)n1. The van der Waals surface area contributed by atoms with Crippen molar-refractivity contribution in [3.63, 3.8) is 0 Å². The van der Waals surface area contributed by atoms with Gasteiger partial charge in [-0.15, -0.1) is 11.3 Å². The lowest BCUT2D eigenvalue weighted by atomic mass is 10.2. The molecule has 0 aliphatic carbocycles. The second-order valence-corrected chi connectivity index (χ2v) is 4.09. The summed E-state index contributed by atoms with van der Waals surface area (Å²) >= 11 is 1.46. The molecular formula is C11H10N2O2S. The molecule has 0 spiro atoms. The molecule has 0 saturated heterocycles. The molecule has 0 bridgehead atoms. The highest BCUT2D eigenvalue weighted by molar-refractivity contribution is 7.09. The van der Waals surface area contributed by atoms with Gasteiger partial charge in [-0.1, -0.05) is 0 Å².